The van der Waals surface area contributed by atoms with Crippen molar-refractivity contribution in [3.8, 4) is 16.9 Å². The molecule has 9 nitrogen and oxygen atoms in total. The minimum atomic E-state index is -0.532. The van der Waals surface area contributed by atoms with Crippen LogP contribution in [0.3, 0.4) is 0 Å². The van der Waals surface area contributed by atoms with Crippen LogP contribution in [0.15, 0.2) is 36.7 Å². The fourth-order valence-electron chi connectivity index (χ4n) is 1.80. The Morgan fingerprint density at radius 3 is 2.36 bits per heavy atom. The van der Waals surface area contributed by atoms with Crippen molar-refractivity contribution < 1.29 is 19.1 Å². The number of nitrogens with one attached hydrogen (secondary N) is 2. The Morgan fingerprint density at radius 1 is 1.16 bits per heavy atom. The summed E-state index contributed by atoms with van der Waals surface area (Å²) < 4.78 is 9.75. The molecular formula is C16H17N5O4. The lowest BCUT2D eigenvalue weighted by atomic mass is 10.1. The van der Waals surface area contributed by atoms with Crippen molar-refractivity contribution in [2.24, 2.45) is 5.73 Å². The van der Waals surface area contributed by atoms with E-state index in [-0.39, 0.29) is 24.8 Å². The van der Waals surface area contributed by atoms with E-state index in [1.165, 1.54) is 7.11 Å². The first kappa shape index (κ1) is 17.9. The molecule has 0 aliphatic carbocycles. The molecule has 130 valence electrons. The number of aromatic nitrogens is 2. The molecule has 9 heteroatoms. The summed E-state index contributed by atoms with van der Waals surface area (Å²) in [5.41, 5.74) is 6.91. The number of carbonyl (C=O) groups excluding carboxylic acids is 2. The third kappa shape index (κ3) is 5.27. The van der Waals surface area contributed by atoms with E-state index in [1.54, 1.807) is 36.7 Å². The minimum Gasteiger partial charge on any atom is -0.484 e. The van der Waals surface area contributed by atoms with Crippen LogP contribution >= 0.6 is 0 Å². The maximum absolute atomic E-state index is 11.5. The number of rotatable bonds is 7. The highest BCUT2D eigenvalue weighted by Gasteiger charge is 2.07. The first-order chi connectivity index (χ1) is 12.0. The standard InChI is InChI=1S/C16H17N5O4/c1-24-14(23)8-19-13(22)9-25-12-4-2-10(3-5-12)11-6-20-16(15(17)18)21-7-11/h2-7H,8-9H2,1H3,(H3,17,18)(H,19,22). The maximum atomic E-state index is 11.5. The van der Waals surface area contributed by atoms with E-state index in [1.807, 2.05) is 0 Å². The van der Waals surface area contributed by atoms with Gasteiger partial charge in [0.25, 0.3) is 5.91 Å². The number of carbonyl (C=O) groups is 2. The molecule has 4 N–H and O–H groups in total. The van der Waals surface area contributed by atoms with Gasteiger partial charge in [0, 0.05) is 18.0 Å². The molecule has 0 unspecified atom stereocenters. The highest BCUT2D eigenvalue weighted by atomic mass is 16.5. The van der Waals surface area contributed by atoms with E-state index in [0.29, 0.717) is 5.75 Å². The minimum absolute atomic E-state index is 0.168. The molecule has 2 rings (SSSR count). The molecule has 1 heterocycles. The summed E-state index contributed by atoms with van der Waals surface area (Å²) in [6.45, 7) is -0.416. The van der Waals surface area contributed by atoms with Crippen molar-refractivity contribution in [1.29, 1.82) is 5.41 Å². The quantitative estimate of drug-likeness (QED) is 0.368. The number of benzene rings is 1. The Kier molecular flexibility index (Phi) is 5.99. The van der Waals surface area contributed by atoms with Gasteiger partial charge < -0.3 is 20.5 Å². The molecule has 1 amide bonds. The van der Waals surface area contributed by atoms with Gasteiger partial charge in [-0.25, -0.2) is 9.97 Å². The fraction of sp³-hybridized carbons (Fsp3) is 0.188. The molecule has 25 heavy (non-hydrogen) atoms. The third-order valence-corrected chi connectivity index (χ3v) is 3.11. The number of amidine groups is 1. The maximum Gasteiger partial charge on any atom is 0.325 e. The smallest absolute Gasteiger partial charge is 0.325 e. The molecule has 1 aromatic carbocycles. The van der Waals surface area contributed by atoms with Crippen molar-refractivity contribution in [2.75, 3.05) is 20.3 Å². The Hall–Kier alpha value is -3.49. The topological polar surface area (TPSA) is 140 Å². The van der Waals surface area contributed by atoms with Crippen LogP contribution < -0.4 is 15.8 Å². The van der Waals surface area contributed by atoms with Crippen molar-refractivity contribution in [1.82, 2.24) is 15.3 Å². The van der Waals surface area contributed by atoms with Crippen molar-refractivity contribution in [3.63, 3.8) is 0 Å². The van der Waals surface area contributed by atoms with E-state index in [0.717, 1.165) is 11.1 Å². The van der Waals surface area contributed by atoms with Gasteiger partial charge in [-0.2, -0.15) is 0 Å². The predicted octanol–water partition coefficient (Wildman–Crippen LogP) is 0.0957. The molecule has 0 bridgehead atoms. The Labute approximate surface area is 143 Å². The Balaban J connectivity index is 1.90. The van der Waals surface area contributed by atoms with Gasteiger partial charge in [-0.15, -0.1) is 0 Å². The van der Waals surface area contributed by atoms with Crippen LogP contribution in [0.2, 0.25) is 0 Å². The second-order valence-corrected chi connectivity index (χ2v) is 4.87. The highest BCUT2D eigenvalue weighted by molar-refractivity contribution is 5.91. The monoisotopic (exact) mass is 343 g/mol. The van der Waals surface area contributed by atoms with Gasteiger partial charge in [0.15, 0.2) is 18.3 Å². The number of hydrogen-bond donors (Lipinski definition) is 3. The number of hydrogen-bond acceptors (Lipinski definition) is 7. The molecule has 0 saturated carbocycles. The molecule has 2 aromatic rings. The second-order valence-electron chi connectivity index (χ2n) is 4.87. The van der Waals surface area contributed by atoms with Crippen LogP contribution in [-0.4, -0.2) is 47.9 Å². The number of nitrogens with two attached hydrogens (primary N) is 1. The molecular weight excluding hydrogens is 326 g/mol. The van der Waals surface area contributed by atoms with Crippen molar-refractivity contribution in [3.05, 3.63) is 42.5 Å². The zero-order valence-corrected chi connectivity index (χ0v) is 13.5. The third-order valence-electron chi connectivity index (χ3n) is 3.11. The molecule has 0 aliphatic heterocycles. The van der Waals surface area contributed by atoms with Crippen LogP contribution in [-0.2, 0) is 14.3 Å². The van der Waals surface area contributed by atoms with Crippen LogP contribution in [0.25, 0.3) is 11.1 Å². The van der Waals surface area contributed by atoms with Gasteiger partial charge in [0.05, 0.1) is 7.11 Å². The average molecular weight is 343 g/mol. The summed E-state index contributed by atoms with van der Waals surface area (Å²) >= 11 is 0. The van der Waals surface area contributed by atoms with Crippen LogP contribution in [0.5, 0.6) is 5.75 Å². The summed E-state index contributed by atoms with van der Waals surface area (Å²) in [5, 5.41) is 9.63. The molecule has 0 atom stereocenters. The zero-order chi connectivity index (χ0) is 18.2. The van der Waals surface area contributed by atoms with E-state index >= 15 is 0 Å². The highest BCUT2D eigenvalue weighted by Crippen LogP contribution is 2.21. The SMILES string of the molecule is COC(=O)CNC(=O)COc1ccc(-c2cnc(C(=N)N)nc2)cc1. The average Bonchev–Trinajstić information content (AvgIpc) is 2.64. The van der Waals surface area contributed by atoms with E-state index < -0.39 is 11.9 Å². The number of ether oxygens (including phenoxy) is 2. The van der Waals surface area contributed by atoms with E-state index in [2.05, 4.69) is 20.0 Å². The van der Waals surface area contributed by atoms with Gasteiger partial charge in [0.1, 0.15) is 12.3 Å². The first-order valence-corrected chi connectivity index (χ1v) is 7.23. The molecule has 1 aromatic heterocycles. The number of nitrogens with zero attached hydrogens (tertiary/aromatic N) is 2. The number of methoxy groups -OCH3 is 1. The normalized spacial score (nSPS) is 9.96. The molecule has 0 saturated heterocycles. The van der Waals surface area contributed by atoms with Crippen molar-refractivity contribution in [2.45, 2.75) is 0 Å². The Bertz CT molecular complexity index is 759. The van der Waals surface area contributed by atoms with Crippen molar-refractivity contribution >= 4 is 17.7 Å². The fourth-order valence-corrected chi connectivity index (χ4v) is 1.80. The number of amides is 1. The number of nitrogen functional groups attached to an aromatic ring is 1. The van der Waals surface area contributed by atoms with Gasteiger partial charge in [0.2, 0.25) is 0 Å². The summed E-state index contributed by atoms with van der Waals surface area (Å²) in [4.78, 5) is 30.4. The lowest BCUT2D eigenvalue weighted by Crippen LogP contribution is -2.33. The molecule has 0 spiro atoms. The van der Waals surface area contributed by atoms with E-state index in [9.17, 15) is 9.59 Å². The summed E-state index contributed by atoms with van der Waals surface area (Å²) in [5.74, 6) is -0.487. The molecule has 0 fully saturated rings. The van der Waals surface area contributed by atoms with Crippen LogP contribution in [0.1, 0.15) is 5.82 Å². The molecule has 0 radical (unpaired) electrons. The number of esters is 1. The lowest BCUT2D eigenvalue weighted by molar-refractivity contribution is -0.141. The van der Waals surface area contributed by atoms with Gasteiger partial charge in [-0.3, -0.25) is 15.0 Å². The van der Waals surface area contributed by atoms with Gasteiger partial charge >= 0.3 is 5.97 Å². The van der Waals surface area contributed by atoms with E-state index in [4.69, 9.17) is 15.9 Å². The molecule has 0 aliphatic rings. The Morgan fingerprint density at radius 2 is 1.80 bits per heavy atom. The van der Waals surface area contributed by atoms with Crippen LogP contribution in [0.4, 0.5) is 0 Å². The summed E-state index contributed by atoms with van der Waals surface area (Å²) in [6.07, 6.45) is 3.14. The first-order valence-electron chi connectivity index (χ1n) is 7.23. The van der Waals surface area contributed by atoms with Gasteiger partial charge in [-0.1, -0.05) is 12.1 Å². The second kappa shape index (κ2) is 8.39. The zero-order valence-electron chi connectivity index (χ0n) is 13.5. The lowest BCUT2D eigenvalue weighted by Gasteiger charge is -2.08. The largest absolute Gasteiger partial charge is 0.484 e. The van der Waals surface area contributed by atoms with Crippen LogP contribution in [0, 0.1) is 5.41 Å². The predicted molar refractivity (Wildman–Crippen MR) is 89.0 cm³/mol. The summed E-state index contributed by atoms with van der Waals surface area (Å²) in [6, 6.07) is 6.96. The summed E-state index contributed by atoms with van der Waals surface area (Å²) in [7, 11) is 1.24. The van der Waals surface area contributed by atoms with Gasteiger partial charge in [-0.05, 0) is 17.7 Å².